The maximum Gasteiger partial charge on any atom is 0.433 e. The summed E-state index contributed by atoms with van der Waals surface area (Å²) in [5.74, 6) is 0. The molecule has 1 aromatic carbocycles. The first-order valence-corrected chi connectivity index (χ1v) is 6.21. The number of fused-ring (bicyclic) bond motifs is 1. The van der Waals surface area contributed by atoms with Crippen LogP contribution in [0.3, 0.4) is 0 Å². The first-order valence-electron chi connectivity index (χ1n) is 6.21. The number of rotatable bonds is 1. The maximum absolute atomic E-state index is 13.0. The van der Waals surface area contributed by atoms with Gasteiger partial charge in [0.05, 0.1) is 0 Å². The topological polar surface area (TPSA) is 12.9 Å². The molecular weight excluding hydrogens is 251 g/mol. The molecular formula is C15H12F3N. The Balaban J connectivity index is 2.21. The molecule has 0 radical (unpaired) electrons. The van der Waals surface area contributed by atoms with Gasteiger partial charge in [-0.3, -0.25) is 4.98 Å². The van der Waals surface area contributed by atoms with E-state index in [1.165, 1.54) is 12.3 Å². The lowest BCUT2D eigenvalue weighted by molar-refractivity contribution is -0.140. The van der Waals surface area contributed by atoms with Crippen molar-refractivity contribution in [1.82, 2.24) is 4.98 Å². The van der Waals surface area contributed by atoms with Crippen LogP contribution in [0.2, 0.25) is 0 Å². The van der Waals surface area contributed by atoms with Crippen molar-refractivity contribution >= 4 is 0 Å². The van der Waals surface area contributed by atoms with Crippen LogP contribution in [-0.4, -0.2) is 4.98 Å². The minimum atomic E-state index is -4.42. The highest BCUT2D eigenvalue weighted by Gasteiger charge is 2.36. The van der Waals surface area contributed by atoms with E-state index in [1.807, 2.05) is 12.1 Å². The number of pyridine rings is 1. The molecule has 3 rings (SSSR count). The Kier molecular flexibility index (Phi) is 2.81. The van der Waals surface area contributed by atoms with E-state index in [2.05, 4.69) is 4.98 Å². The molecule has 1 aliphatic carbocycles. The SMILES string of the molecule is FC(F)(F)c1ncccc1-c1cccc2c1CCC2. The van der Waals surface area contributed by atoms with E-state index in [0.29, 0.717) is 5.56 Å². The predicted molar refractivity (Wildman–Crippen MR) is 66.7 cm³/mol. The molecule has 0 N–H and O–H groups in total. The lowest BCUT2D eigenvalue weighted by atomic mass is 9.95. The minimum absolute atomic E-state index is 0.189. The number of hydrogen-bond acceptors (Lipinski definition) is 1. The zero-order valence-corrected chi connectivity index (χ0v) is 10.2. The van der Waals surface area contributed by atoms with Crippen molar-refractivity contribution < 1.29 is 13.2 Å². The highest BCUT2D eigenvalue weighted by atomic mass is 19.4. The zero-order valence-electron chi connectivity index (χ0n) is 10.2. The maximum atomic E-state index is 13.0. The van der Waals surface area contributed by atoms with Crippen molar-refractivity contribution in [3.8, 4) is 11.1 Å². The summed E-state index contributed by atoms with van der Waals surface area (Å²) in [6.45, 7) is 0. The number of halogens is 3. The van der Waals surface area contributed by atoms with Gasteiger partial charge in [0.2, 0.25) is 0 Å². The normalized spacial score (nSPS) is 14.5. The quantitative estimate of drug-likeness (QED) is 0.749. The first-order chi connectivity index (χ1) is 9.07. The van der Waals surface area contributed by atoms with E-state index in [9.17, 15) is 13.2 Å². The number of alkyl halides is 3. The van der Waals surface area contributed by atoms with Crippen molar-refractivity contribution in [2.75, 3.05) is 0 Å². The molecule has 0 unspecified atom stereocenters. The molecule has 0 saturated heterocycles. The third-order valence-corrected chi connectivity index (χ3v) is 3.51. The molecule has 0 aliphatic heterocycles. The van der Waals surface area contributed by atoms with Crippen LogP contribution in [0.25, 0.3) is 11.1 Å². The Hall–Kier alpha value is -1.84. The van der Waals surface area contributed by atoms with Crippen molar-refractivity contribution in [2.24, 2.45) is 0 Å². The van der Waals surface area contributed by atoms with Gasteiger partial charge in [0.1, 0.15) is 0 Å². The Morgan fingerprint density at radius 3 is 2.53 bits per heavy atom. The van der Waals surface area contributed by atoms with Crippen molar-refractivity contribution in [3.63, 3.8) is 0 Å². The predicted octanol–water partition coefficient (Wildman–Crippen LogP) is 4.26. The second kappa shape index (κ2) is 4.37. The molecule has 1 aromatic heterocycles. The van der Waals surface area contributed by atoms with Gasteiger partial charge in [0.15, 0.2) is 5.69 Å². The fraction of sp³-hybridized carbons (Fsp3) is 0.267. The molecule has 1 heterocycles. The summed E-state index contributed by atoms with van der Waals surface area (Å²) in [6, 6.07) is 8.64. The number of aromatic nitrogens is 1. The molecule has 98 valence electrons. The highest BCUT2D eigenvalue weighted by molar-refractivity contribution is 5.71. The van der Waals surface area contributed by atoms with Gasteiger partial charge in [0, 0.05) is 11.8 Å². The number of hydrogen-bond donors (Lipinski definition) is 0. The van der Waals surface area contributed by atoms with Crippen molar-refractivity contribution in [2.45, 2.75) is 25.4 Å². The van der Waals surface area contributed by atoms with Gasteiger partial charge < -0.3 is 0 Å². The summed E-state index contributed by atoms with van der Waals surface area (Å²) in [6.07, 6.45) is -0.427. The van der Waals surface area contributed by atoms with Crippen LogP contribution in [0.5, 0.6) is 0 Å². The van der Waals surface area contributed by atoms with Crippen LogP contribution in [0.15, 0.2) is 36.5 Å². The molecule has 2 aromatic rings. The molecule has 0 spiro atoms. The van der Waals surface area contributed by atoms with Crippen LogP contribution in [0.4, 0.5) is 13.2 Å². The van der Waals surface area contributed by atoms with E-state index in [1.54, 1.807) is 12.1 Å². The number of nitrogens with zero attached hydrogens (tertiary/aromatic N) is 1. The summed E-state index contributed by atoms with van der Waals surface area (Å²) in [7, 11) is 0. The van der Waals surface area contributed by atoms with Crippen LogP contribution < -0.4 is 0 Å². The van der Waals surface area contributed by atoms with Crippen molar-refractivity contribution in [1.29, 1.82) is 0 Å². The fourth-order valence-corrected chi connectivity index (χ4v) is 2.72. The Morgan fingerprint density at radius 1 is 0.947 bits per heavy atom. The van der Waals surface area contributed by atoms with E-state index in [4.69, 9.17) is 0 Å². The molecule has 19 heavy (non-hydrogen) atoms. The standard InChI is InChI=1S/C15H12F3N/c16-15(17,18)14-13(8-3-9-19-14)12-7-2-5-10-4-1-6-11(10)12/h2-3,5,7-9H,1,4,6H2. The lowest BCUT2D eigenvalue weighted by Gasteiger charge is -2.14. The van der Waals surface area contributed by atoms with Crippen LogP contribution >= 0.6 is 0 Å². The summed E-state index contributed by atoms with van der Waals surface area (Å²) in [5, 5.41) is 0. The van der Waals surface area contributed by atoms with E-state index in [0.717, 1.165) is 30.4 Å². The number of aryl methyl sites for hydroxylation is 1. The Bertz CT molecular complexity index is 617. The fourth-order valence-electron chi connectivity index (χ4n) is 2.72. The minimum Gasteiger partial charge on any atom is -0.251 e. The summed E-state index contributed by atoms with van der Waals surface area (Å²) in [5.41, 5.74) is 2.27. The average Bonchev–Trinajstić information content (AvgIpc) is 2.85. The van der Waals surface area contributed by atoms with Gasteiger partial charge in [-0.15, -0.1) is 0 Å². The summed E-state index contributed by atoms with van der Waals surface area (Å²) in [4.78, 5) is 3.53. The zero-order chi connectivity index (χ0) is 13.5. The largest absolute Gasteiger partial charge is 0.433 e. The van der Waals surface area contributed by atoms with Gasteiger partial charge in [-0.2, -0.15) is 13.2 Å². The molecule has 0 amide bonds. The van der Waals surface area contributed by atoms with Crippen molar-refractivity contribution in [3.05, 3.63) is 53.3 Å². The van der Waals surface area contributed by atoms with Gasteiger partial charge in [-0.1, -0.05) is 24.3 Å². The molecule has 1 nitrogen and oxygen atoms in total. The van der Waals surface area contributed by atoms with Crippen LogP contribution in [0, 0.1) is 0 Å². The monoisotopic (exact) mass is 263 g/mol. The smallest absolute Gasteiger partial charge is 0.251 e. The second-order valence-electron chi connectivity index (χ2n) is 4.69. The van der Waals surface area contributed by atoms with E-state index in [-0.39, 0.29) is 5.56 Å². The van der Waals surface area contributed by atoms with Crippen LogP contribution in [-0.2, 0) is 19.0 Å². The molecule has 0 saturated carbocycles. The Morgan fingerprint density at radius 2 is 1.74 bits per heavy atom. The Labute approximate surface area is 109 Å². The number of benzene rings is 1. The second-order valence-corrected chi connectivity index (χ2v) is 4.69. The lowest BCUT2D eigenvalue weighted by Crippen LogP contribution is -2.10. The van der Waals surface area contributed by atoms with E-state index < -0.39 is 11.9 Å². The third kappa shape index (κ3) is 2.11. The molecule has 4 heteroatoms. The molecule has 1 aliphatic rings. The van der Waals surface area contributed by atoms with E-state index >= 15 is 0 Å². The summed E-state index contributed by atoms with van der Waals surface area (Å²) >= 11 is 0. The van der Waals surface area contributed by atoms with Gasteiger partial charge in [-0.25, -0.2) is 0 Å². The van der Waals surface area contributed by atoms with Crippen LogP contribution in [0.1, 0.15) is 23.2 Å². The summed E-state index contributed by atoms with van der Waals surface area (Å²) < 4.78 is 39.1. The first kappa shape index (κ1) is 12.2. The molecule has 0 bridgehead atoms. The van der Waals surface area contributed by atoms with Gasteiger partial charge in [0.25, 0.3) is 0 Å². The third-order valence-electron chi connectivity index (χ3n) is 3.51. The molecule has 0 atom stereocenters. The average molecular weight is 263 g/mol. The van der Waals surface area contributed by atoms with Gasteiger partial charge >= 0.3 is 6.18 Å². The highest BCUT2D eigenvalue weighted by Crippen LogP contribution is 2.39. The van der Waals surface area contributed by atoms with Gasteiger partial charge in [-0.05, 0) is 42.0 Å². The molecule has 0 fully saturated rings.